The van der Waals surface area contributed by atoms with Gasteiger partial charge in [-0.1, -0.05) is 11.3 Å². The standard InChI is InChI=1S/C9H7N3O2S/c10-9-12-6(7(15-9)8(13)14)5-2-1-3-11-4-5/h1-4H,(H2,10,12)(H,13,14). The third-order valence-electron chi connectivity index (χ3n) is 1.77. The number of nitrogen functional groups attached to an aromatic ring is 1. The molecule has 0 aromatic carbocycles. The van der Waals surface area contributed by atoms with Crippen molar-refractivity contribution in [3.63, 3.8) is 0 Å². The molecular weight excluding hydrogens is 214 g/mol. The third kappa shape index (κ3) is 1.79. The largest absolute Gasteiger partial charge is 0.477 e. The van der Waals surface area contributed by atoms with Crippen LogP contribution in [-0.2, 0) is 0 Å². The van der Waals surface area contributed by atoms with E-state index in [2.05, 4.69) is 9.97 Å². The number of pyridine rings is 1. The number of carbonyl (C=O) groups is 1. The summed E-state index contributed by atoms with van der Waals surface area (Å²) in [7, 11) is 0. The zero-order chi connectivity index (χ0) is 10.8. The molecule has 2 aromatic heterocycles. The molecule has 0 saturated carbocycles. The van der Waals surface area contributed by atoms with Crippen molar-refractivity contribution in [2.75, 3.05) is 5.73 Å². The van der Waals surface area contributed by atoms with Gasteiger partial charge in [-0.05, 0) is 12.1 Å². The predicted octanol–water partition coefficient (Wildman–Crippen LogP) is 1.49. The van der Waals surface area contributed by atoms with E-state index in [0.717, 1.165) is 11.3 Å². The summed E-state index contributed by atoms with van der Waals surface area (Å²) in [5.41, 5.74) is 6.51. The zero-order valence-corrected chi connectivity index (χ0v) is 8.36. The second kappa shape index (κ2) is 3.66. The van der Waals surface area contributed by atoms with E-state index in [1.807, 2.05) is 0 Å². The van der Waals surface area contributed by atoms with E-state index in [9.17, 15) is 4.79 Å². The first kappa shape index (κ1) is 9.60. The highest BCUT2D eigenvalue weighted by Crippen LogP contribution is 2.28. The summed E-state index contributed by atoms with van der Waals surface area (Å²) in [6.45, 7) is 0. The lowest BCUT2D eigenvalue weighted by atomic mass is 10.2. The van der Waals surface area contributed by atoms with Crippen LogP contribution in [0.4, 0.5) is 5.13 Å². The molecule has 0 aliphatic rings. The number of anilines is 1. The highest BCUT2D eigenvalue weighted by Gasteiger charge is 2.17. The van der Waals surface area contributed by atoms with Crippen LogP contribution in [0.2, 0.25) is 0 Å². The lowest BCUT2D eigenvalue weighted by Gasteiger charge is -1.96. The Balaban J connectivity index is 2.58. The molecule has 3 N–H and O–H groups in total. The summed E-state index contributed by atoms with van der Waals surface area (Å²) < 4.78 is 0. The normalized spacial score (nSPS) is 10.1. The van der Waals surface area contributed by atoms with Crippen molar-refractivity contribution in [3.05, 3.63) is 29.4 Å². The van der Waals surface area contributed by atoms with Crippen LogP contribution in [0.25, 0.3) is 11.3 Å². The topological polar surface area (TPSA) is 89.1 Å². The number of hydrogen-bond acceptors (Lipinski definition) is 5. The smallest absolute Gasteiger partial charge is 0.348 e. The number of carboxylic acids is 1. The van der Waals surface area contributed by atoms with Gasteiger partial charge in [0.1, 0.15) is 4.88 Å². The van der Waals surface area contributed by atoms with E-state index in [-0.39, 0.29) is 10.0 Å². The fraction of sp³-hybridized carbons (Fsp3) is 0. The lowest BCUT2D eigenvalue weighted by molar-refractivity contribution is 0.0702. The number of aromatic nitrogens is 2. The fourth-order valence-corrected chi connectivity index (χ4v) is 1.87. The molecule has 0 amide bonds. The molecule has 0 aliphatic heterocycles. The molecule has 6 heteroatoms. The van der Waals surface area contributed by atoms with Crippen LogP contribution in [0.1, 0.15) is 9.67 Å². The van der Waals surface area contributed by atoms with Gasteiger partial charge in [0, 0.05) is 18.0 Å². The molecule has 0 saturated heterocycles. The van der Waals surface area contributed by atoms with Crippen LogP contribution in [0, 0.1) is 0 Å². The molecule has 0 bridgehead atoms. The average Bonchev–Trinajstić information content (AvgIpc) is 2.62. The summed E-state index contributed by atoms with van der Waals surface area (Å²) in [6, 6.07) is 3.46. The number of thiazole rings is 1. The van der Waals surface area contributed by atoms with Crippen molar-refractivity contribution in [1.82, 2.24) is 9.97 Å². The van der Waals surface area contributed by atoms with Gasteiger partial charge >= 0.3 is 5.97 Å². The number of rotatable bonds is 2. The van der Waals surface area contributed by atoms with Gasteiger partial charge in [0.05, 0.1) is 5.69 Å². The minimum absolute atomic E-state index is 0.139. The zero-order valence-electron chi connectivity index (χ0n) is 7.54. The van der Waals surface area contributed by atoms with E-state index < -0.39 is 5.97 Å². The highest BCUT2D eigenvalue weighted by molar-refractivity contribution is 7.17. The first-order valence-corrected chi connectivity index (χ1v) is 4.90. The molecule has 0 spiro atoms. The minimum atomic E-state index is -1.02. The number of nitrogens with two attached hydrogens (primary N) is 1. The molecule has 5 nitrogen and oxygen atoms in total. The van der Waals surface area contributed by atoms with E-state index in [0.29, 0.717) is 11.3 Å². The molecule has 0 fully saturated rings. The van der Waals surface area contributed by atoms with Crippen molar-refractivity contribution in [2.24, 2.45) is 0 Å². The average molecular weight is 221 g/mol. The number of carboxylic acid groups (broad SMARTS) is 1. The van der Waals surface area contributed by atoms with Gasteiger partial charge in [-0.2, -0.15) is 0 Å². The Morgan fingerprint density at radius 3 is 2.93 bits per heavy atom. The molecule has 2 rings (SSSR count). The van der Waals surface area contributed by atoms with Crippen LogP contribution in [0.3, 0.4) is 0 Å². The maximum Gasteiger partial charge on any atom is 0.348 e. The Morgan fingerprint density at radius 2 is 2.33 bits per heavy atom. The van der Waals surface area contributed by atoms with Crippen LogP contribution in [0.5, 0.6) is 0 Å². The Hall–Kier alpha value is -1.95. The van der Waals surface area contributed by atoms with E-state index in [1.54, 1.807) is 24.5 Å². The fourth-order valence-electron chi connectivity index (χ4n) is 1.18. The molecule has 76 valence electrons. The van der Waals surface area contributed by atoms with Crippen molar-refractivity contribution in [1.29, 1.82) is 0 Å². The summed E-state index contributed by atoms with van der Waals surface area (Å²) >= 11 is 0.957. The second-order valence-electron chi connectivity index (χ2n) is 2.78. The monoisotopic (exact) mass is 221 g/mol. The molecule has 15 heavy (non-hydrogen) atoms. The van der Waals surface area contributed by atoms with Gasteiger partial charge in [0.2, 0.25) is 0 Å². The van der Waals surface area contributed by atoms with Crippen LogP contribution >= 0.6 is 11.3 Å². The number of nitrogens with zero attached hydrogens (tertiary/aromatic N) is 2. The Kier molecular flexibility index (Phi) is 2.34. The molecule has 0 unspecified atom stereocenters. The van der Waals surface area contributed by atoms with Gasteiger partial charge in [0.15, 0.2) is 5.13 Å². The highest BCUT2D eigenvalue weighted by atomic mass is 32.1. The van der Waals surface area contributed by atoms with Crippen LogP contribution in [0.15, 0.2) is 24.5 Å². The first-order valence-electron chi connectivity index (χ1n) is 4.08. The Morgan fingerprint density at radius 1 is 1.53 bits per heavy atom. The molecule has 0 atom stereocenters. The van der Waals surface area contributed by atoms with Crippen molar-refractivity contribution < 1.29 is 9.90 Å². The van der Waals surface area contributed by atoms with Gasteiger partial charge in [-0.3, -0.25) is 4.98 Å². The molecular formula is C9H7N3O2S. The molecule has 2 heterocycles. The first-order chi connectivity index (χ1) is 7.18. The predicted molar refractivity (Wildman–Crippen MR) is 56.7 cm³/mol. The summed E-state index contributed by atoms with van der Waals surface area (Å²) in [4.78, 5) is 18.9. The summed E-state index contributed by atoms with van der Waals surface area (Å²) in [6.07, 6.45) is 3.17. The third-order valence-corrected chi connectivity index (χ3v) is 2.65. The van der Waals surface area contributed by atoms with E-state index in [1.165, 1.54) is 0 Å². The Bertz CT molecular complexity index is 495. The number of aromatic carboxylic acids is 1. The van der Waals surface area contributed by atoms with Gasteiger partial charge in [-0.15, -0.1) is 0 Å². The van der Waals surface area contributed by atoms with E-state index >= 15 is 0 Å². The van der Waals surface area contributed by atoms with Crippen molar-refractivity contribution >= 4 is 22.4 Å². The van der Waals surface area contributed by atoms with Gasteiger partial charge in [-0.25, -0.2) is 9.78 Å². The van der Waals surface area contributed by atoms with Crippen LogP contribution in [-0.4, -0.2) is 21.0 Å². The van der Waals surface area contributed by atoms with Gasteiger partial charge < -0.3 is 10.8 Å². The maximum atomic E-state index is 10.9. The SMILES string of the molecule is Nc1nc(-c2cccnc2)c(C(=O)O)s1. The van der Waals surface area contributed by atoms with E-state index in [4.69, 9.17) is 10.8 Å². The summed E-state index contributed by atoms with van der Waals surface area (Å²) in [5, 5.41) is 9.18. The van der Waals surface area contributed by atoms with Crippen molar-refractivity contribution in [2.45, 2.75) is 0 Å². The van der Waals surface area contributed by atoms with Gasteiger partial charge in [0.25, 0.3) is 0 Å². The second-order valence-corrected chi connectivity index (χ2v) is 3.81. The quantitative estimate of drug-likeness (QED) is 0.801. The summed E-state index contributed by atoms with van der Waals surface area (Å²) in [5.74, 6) is -1.02. The number of hydrogen-bond donors (Lipinski definition) is 2. The molecule has 2 aromatic rings. The lowest BCUT2D eigenvalue weighted by Crippen LogP contribution is -1.95. The Labute approximate surface area is 89.2 Å². The van der Waals surface area contributed by atoms with Crippen molar-refractivity contribution in [3.8, 4) is 11.3 Å². The minimum Gasteiger partial charge on any atom is -0.477 e. The maximum absolute atomic E-state index is 10.9. The molecule has 0 radical (unpaired) electrons. The van der Waals surface area contributed by atoms with Crippen LogP contribution < -0.4 is 5.73 Å². The molecule has 0 aliphatic carbocycles.